The summed E-state index contributed by atoms with van der Waals surface area (Å²) in [6, 6.07) is 10.4. The van der Waals surface area contributed by atoms with E-state index in [-0.39, 0.29) is 24.0 Å². The summed E-state index contributed by atoms with van der Waals surface area (Å²) in [7, 11) is 0. The van der Waals surface area contributed by atoms with Crippen molar-refractivity contribution >= 4 is 29.9 Å². The molecule has 162 valence electrons. The molecule has 0 saturated carbocycles. The van der Waals surface area contributed by atoms with Crippen molar-refractivity contribution in [2.24, 2.45) is 4.99 Å². The number of halogens is 1. The second-order valence-corrected chi connectivity index (χ2v) is 6.93. The summed E-state index contributed by atoms with van der Waals surface area (Å²) in [6.45, 7) is 7.66. The van der Waals surface area contributed by atoms with Gasteiger partial charge in [0.05, 0.1) is 5.69 Å². The summed E-state index contributed by atoms with van der Waals surface area (Å²) < 4.78 is 4.05. The zero-order valence-corrected chi connectivity index (χ0v) is 20.1. The first-order valence-electron chi connectivity index (χ1n) is 10.3. The van der Waals surface area contributed by atoms with Crippen molar-refractivity contribution in [3.8, 4) is 5.69 Å². The van der Waals surface area contributed by atoms with Gasteiger partial charge in [-0.05, 0) is 56.9 Å². The second kappa shape index (κ2) is 13.0. The van der Waals surface area contributed by atoms with Crippen molar-refractivity contribution in [1.29, 1.82) is 0 Å². The summed E-state index contributed by atoms with van der Waals surface area (Å²) >= 11 is 0. The van der Waals surface area contributed by atoms with Gasteiger partial charge >= 0.3 is 0 Å². The van der Waals surface area contributed by atoms with E-state index in [2.05, 4.69) is 56.5 Å². The summed E-state index contributed by atoms with van der Waals surface area (Å²) in [5, 5.41) is 11.0. The van der Waals surface area contributed by atoms with Gasteiger partial charge in [0.2, 0.25) is 0 Å². The van der Waals surface area contributed by atoms with Crippen molar-refractivity contribution < 1.29 is 0 Å². The lowest BCUT2D eigenvalue weighted by Gasteiger charge is -2.12. The zero-order valence-electron chi connectivity index (χ0n) is 17.8. The van der Waals surface area contributed by atoms with Gasteiger partial charge in [-0.1, -0.05) is 12.1 Å². The number of guanidine groups is 1. The van der Waals surface area contributed by atoms with Crippen LogP contribution >= 0.6 is 24.0 Å². The van der Waals surface area contributed by atoms with E-state index in [4.69, 9.17) is 4.99 Å². The molecule has 0 fully saturated rings. The largest absolute Gasteiger partial charge is 0.357 e. The second-order valence-electron chi connectivity index (χ2n) is 6.93. The highest BCUT2D eigenvalue weighted by Gasteiger charge is 2.00. The molecule has 3 aromatic rings. The summed E-state index contributed by atoms with van der Waals surface area (Å²) in [4.78, 5) is 8.95. The Hall–Kier alpha value is -2.36. The topological polar surface area (TPSA) is 72.1 Å². The van der Waals surface area contributed by atoms with Crippen molar-refractivity contribution in [3.05, 3.63) is 66.5 Å². The van der Waals surface area contributed by atoms with Crippen LogP contribution in [0.15, 0.2) is 60.1 Å². The summed E-state index contributed by atoms with van der Waals surface area (Å²) in [5.74, 6) is 1.96. The van der Waals surface area contributed by atoms with Crippen LogP contribution in [-0.2, 0) is 13.0 Å². The highest BCUT2D eigenvalue weighted by Crippen LogP contribution is 2.08. The third-order valence-corrected chi connectivity index (χ3v) is 4.76. The van der Waals surface area contributed by atoms with E-state index in [1.165, 1.54) is 5.56 Å². The number of benzene rings is 1. The van der Waals surface area contributed by atoms with Crippen molar-refractivity contribution in [2.45, 2.75) is 39.7 Å². The number of aromatic nitrogens is 4. The molecule has 0 atom stereocenters. The maximum Gasteiger partial charge on any atom is 0.191 e. The molecule has 30 heavy (non-hydrogen) atoms. The Kier molecular flexibility index (Phi) is 10.4. The molecule has 2 heterocycles. The molecule has 0 aliphatic heterocycles. The Bertz CT molecular complexity index is 869. The number of nitrogens with one attached hydrogen (secondary N) is 2. The molecule has 0 radical (unpaired) electrons. The molecule has 0 bridgehead atoms. The van der Waals surface area contributed by atoms with Crippen LogP contribution in [0.4, 0.5) is 0 Å². The first-order valence-corrected chi connectivity index (χ1v) is 10.3. The fraction of sp³-hybridized carbons (Fsp3) is 0.409. The van der Waals surface area contributed by atoms with Crippen molar-refractivity contribution in [3.63, 3.8) is 0 Å². The SMILES string of the molecule is CCNC(=NCCCCn1ccnc1C)NCCc1ccc(-n2cccn2)cc1.I. The molecule has 0 amide bonds. The lowest BCUT2D eigenvalue weighted by molar-refractivity contribution is 0.600. The highest BCUT2D eigenvalue weighted by molar-refractivity contribution is 14.0. The van der Waals surface area contributed by atoms with E-state index in [1.807, 2.05) is 36.3 Å². The molecule has 2 N–H and O–H groups in total. The minimum Gasteiger partial charge on any atom is -0.357 e. The third-order valence-electron chi connectivity index (χ3n) is 4.76. The average molecular weight is 521 g/mol. The standard InChI is InChI=1S/C22H31N7.HI/c1-3-23-22(25-12-4-5-16-28-18-15-24-19(28)2)26-14-11-20-7-9-21(10-8-20)29-17-6-13-27-29;/h6-10,13,15,17-18H,3-5,11-12,14,16H2,1-2H3,(H2,23,25,26);1H. The zero-order chi connectivity index (χ0) is 20.3. The number of aliphatic imine (C=N–C) groups is 1. The fourth-order valence-corrected chi connectivity index (χ4v) is 3.13. The number of rotatable bonds is 10. The first-order chi connectivity index (χ1) is 14.3. The van der Waals surface area contributed by atoms with Crippen LogP contribution in [0.25, 0.3) is 5.69 Å². The van der Waals surface area contributed by atoms with Gasteiger partial charge in [0.25, 0.3) is 0 Å². The highest BCUT2D eigenvalue weighted by atomic mass is 127. The van der Waals surface area contributed by atoms with E-state index in [0.29, 0.717) is 0 Å². The van der Waals surface area contributed by atoms with Gasteiger partial charge < -0.3 is 15.2 Å². The molecule has 0 unspecified atom stereocenters. The Labute approximate surface area is 196 Å². The number of hydrogen-bond donors (Lipinski definition) is 2. The number of aryl methyl sites for hydroxylation is 2. The summed E-state index contributed by atoms with van der Waals surface area (Å²) in [6.07, 6.45) is 10.7. The maximum atomic E-state index is 4.69. The Morgan fingerprint density at radius 1 is 1.07 bits per heavy atom. The van der Waals surface area contributed by atoms with Gasteiger partial charge in [-0.15, -0.1) is 24.0 Å². The monoisotopic (exact) mass is 521 g/mol. The molecular formula is C22H32IN7. The van der Waals surface area contributed by atoms with E-state index in [1.54, 1.807) is 6.20 Å². The molecule has 0 spiro atoms. The predicted molar refractivity (Wildman–Crippen MR) is 133 cm³/mol. The first kappa shape index (κ1) is 23.9. The van der Waals surface area contributed by atoms with Gasteiger partial charge in [-0.3, -0.25) is 4.99 Å². The fourth-order valence-electron chi connectivity index (χ4n) is 3.13. The average Bonchev–Trinajstić information content (AvgIpc) is 3.40. The van der Waals surface area contributed by atoms with Gasteiger partial charge in [-0.25, -0.2) is 9.67 Å². The van der Waals surface area contributed by atoms with Crippen molar-refractivity contribution in [2.75, 3.05) is 19.6 Å². The maximum absolute atomic E-state index is 4.69. The lowest BCUT2D eigenvalue weighted by atomic mass is 10.1. The molecular weight excluding hydrogens is 489 g/mol. The van der Waals surface area contributed by atoms with Gasteiger partial charge in [0, 0.05) is 51.0 Å². The molecule has 0 saturated heterocycles. The van der Waals surface area contributed by atoms with E-state index in [9.17, 15) is 0 Å². The number of imidazole rings is 1. The molecule has 8 heteroatoms. The molecule has 1 aromatic carbocycles. The normalized spacial score (nSPS) is 11.2. The van der Waals surface area contributed by atoms with Gasteiger partial charge in [-0.2, -0.15) is 5.10 Å². The molecule has 3 rings (SSSR count). The van der Waals surface area contributed by atoms with Crippen LogP contribution in [0, 0.1) is 6.92 Å². The smallest absolute Gasteiger partial charge is 0.191 e. The van der Waals surface area contributed by atoms with E-state index >= 15 is 0 Å². The van der Waals surface area contributed by atoms with Gasteiger partial charge in [0.15, 0.2) is 5.96 Å². The molecule has 0 aliphatic carbocycles. The predicted octanol–water partition coefficient (Wildman–Crippen LogP) is 3.57. The number of nitrogens with zero attached hydrogens (tertiary/aromatic N) is 5. The number of unbranched alkanes of at least 4 members (excludes halogenated alkanes) is 1. The third kappa shape index (κ3) is 7.47. The van der Waals surface area contributed by atoms with Crippen LogP contribution in [-0.4, -0.2) is 44.9 Å². The molecule has 7 nitrogen and oxygen atoms in total. The van der Waals surface area contributed by atoms with Crippen LogP contribution in [0.1, 0.15) is 31.2 Å². The van der Waals surface area contributed by atoms with E-state index in [0.717, 1.165) is 62.9 Å². The quantitative estimate of drug-likeness (QED) is 0.185. The van der Waals surface area contributed by atoms with Crippen LogP contribution < -0.4 is 10.6 Å². The van der Waals surface area contributed by atoms with Gasteiger partial charge in [0.1, 0.15) is 5.82 Å². The Morgan fingerprint density at radius 2 is 1.90 bits per heavy atom. The molecule has 2 aromatic heterocycles. The minimum absolute atomic E-state index is 0. The van der Waals surface area contributed by atoms with Crippen LogP contribution in [0.2, 0.25) is 0 Å². The Balaban J connectivity index is 0.00000320. The van der Waals surface area contributed by atoms with Crippen LogP contribution in [0.5, 0.6) is 0 Å². The Morgan fingerprint density at radius 3 is 2.57 bits per heavy atom. The minimum atomic E-state index is 0. The molecule has 0 aliphatic rings. The van der Waals surface area contributed by atoms with Crippen molar-refractivity contribution in [1.82, 2.24) is 30.0 Å². The lowest BCUT2D eigenvalue weighted by Crippen LogP contribution is -2.38. The number of hydrogen-bond acceptors (Lipinski definition) is 3. The van der Waals surface area contributed by atoms with Crippen LogP contribution in [0.3, 0.4) is 0 Å². The van der Waals surface area contributed by atoms with E-state index < -0.39 is 0 Å². The summed E-state index contributed by atoms with van der Waals surface area (Å²) in [5.41, 5.74) is 2.37.